The third-order valence-electron chi connectivity index (χ3n) is 3.84. The summed E-state index contributed by atoms with van der Waals surface area (Å²) >= 11 is 2.09. The first-order chi connectivity index (χ1) is 8.83. The van der Waals surface area contributed by atoms with E-state index in [2.05, 4.69) is 70.7 Å². The first kappa shape index (κ1) is 10.7. The number of fused-ring (bicyclic) bond motifs is 5. The van der Waals surface area contributed by atoms with Crippen LogP contribution in [-0.4, -0.2) is 21.3 Å². The van der Waals surface area contributed by atoms with Gasteiger partial charge in [0, 0.05) is 30.2 Å². The van der Waals surface area contributed by atoms with Crippen LogP contribution in [0.1, 0.15) is 23.6 Å². The lowest BCUT2D eigenvalue weighted by molar-refractivity contribution is 0.273. The molecule has 2 aromatic rings. The van der Waals surface area contributed by atoms with Gasteiger partial charge in [-0.2, -0.15) is 0 Å². The molecule has 1 aromatic heterocycles. The molecule has 0 saturated carbocycles. The van der Waals surface area contributed by atoms with E-state index in [9.17, 15) is 0 Å². The van der Waals surface area contributed by atoms with E-state index in [1.807, 2.05) is 0 Å². The quantitative estimate of drug-likeness (QED) is 0.713. The Balaban J connectivity index is 1.93. The first-order valence-corrected chi connectivity index (χ1v) is 7.42. The molecule has 3 heteroatoms. The predicted octanol–water partition coefficient (Wildman–Crippen LogP) is 3.43. The minimum absolute atomic E-state index is 0.516. The molecule has 0 spiro atoms. The smallest absolute Gasteiger partial charge is 0.0976 e. The second-order valence-corrected chi connectivity index (χ2v) is 6.68. The molecular weight excluding hydrogens is 240 g/mol. The minimum atomic E-state index is 0.516. The average molecular weight is 256 g/mol. The standard InChI is InChI=1S/C15H16N2S/c1-11-9-16-10-12-5-2-3-6-13(12)17-8-4-7-14(17)15(16)18-11/h2-8,11,15H,9-10H2,1H3/t11-,15+/m0/s1. The van der Waals surface area contributed by atoms with Crippen LogP contribution in [-0.2, 0) is 6.54 Å². The molecule has 0 radical (unpaired) electrons. The third kappa shape index (κ3) is 1.47. The van der Waals surface area contributed by atoms with Gasteiger partial charge in [-0.1, -0.05) is 25.1 Å². The summed E-state index contributed by atoms with van der Waals surface area (Å²) in [5, 5.41) is 1.24. The number of rotatable bonds is 0. The Labute approximate surface area is 112 Å². The van der Waals surface area contributed by atoms with Crippen molar-refractivity contribution in [2.45, 2.75) is 24.1 Å². The molecule has 2 aliphatic heterocycles. The zero-order valence-electron chi connectivity index (χ0n) is 10.4. The lowest BCUT2D eigenvalue weighted by Gasteiger charge is -2.20. The molecular formula is C15H16N2S. The normalized spacial score (nSPS) is 26.3. The second kappa shape index (κ2) is 3.90. The van der Waals surface area contributed by atoms with Gasteiger partial charge in [-0.3, -0.25) is 4.90 Å². The Kier molecular flexibility index (Phi) is 2.32. The lowest BCUT2D eigenvalue weighted by atomic mass is 10.1. The van der Waals surface area contributed by atoms with Gasteiger partial charge in [0.05, 0.1) is 11.1 Å². The Morgan fingerprint density at radius 3 is 3.00 bits per heavy atom. The van der Waals surface area contributed by atoms with E-state index in [-0.39, 0.29) is 0 Å². The van der Waals surface area contributed by atoms with Crippen molar-refractivity contribution in [2.24, 2.45) is 0 Å². The van der Waals surface area contributed by atoms with E-state index in [0.717, 1.165) is 11.8 Å². The van der Waals surface area contributed by atoms with E-state index in [4.69, 9.17) is 0 Å². The number of nitrogens with zero attached hydrogens (tertiary/aromatic N) is 2. The average Bonchev–Trinajstić information content (AvgIpc) is 2.94. The molecule has 2 aliphatic rings. The van der Waals surface area contributed by atoms with Gasteiger partial charge in [0.1, 0.15) is 0 Å². The Morgan fingerprint density at radius 2 is 2.06 bits per heavy atom. The lowest BCUT2D eigenvalue weighted by Crippen LogP contribution is -2.22. The largest absolute Gasteiger partial charge is 0.318 e. The Bertz CT molecular complexity index is 590. The minimum Gasteiger partial charge on any atom is -0.318 e. The molecule has 2 nitrogen and oxygen atoms in total. The second-order valence-electron chi connectivity index (χ2n) is 5.16. The van der Waals surface area contributed by atoms with Crippen LogP contribution in [0.2, 0.25) is 0 Å². The van der Waals surface area contributed by atoms with Gasteiger partial charge < -0.3 is 4.57 Å². The number of hydrogen-bond donors (Lipinski definition) is 0. The van der Waals surface area contributed by atoms with Gasteiger partial charge in [-0.25, -0.2) is 0 Å². The van der Waals surface area contributed by atoms with Gasteiger partial charge in [-0.05, 0) is 23.8 Å². The first-order valence-electron chi connectivity index (χ1n) is 6.48. The van der Waals surface area contributed by atoms with E-state index in [0.29, 0.717) is 5.37 Å². The summed E-state index contributed by atoms with van der Waals surface area (Å²) in [4.78, 5) is 2.60. The zero-order valence-corrected chi connectivity index (χ0v) is 11.2. The number of thioether (sulfide) groups is 1. The van der Waals surface area contributed by atoms with Crippen LogP contribution in [0.4, 0.5) is 0 Å². The molecule has 1 saturated heterocycles. The molecule has 18 heavy (non-hydrogen) atoms. The molecule has 0 amide bonds. The van der Waals surface area contributed by atoms with Crippen molar-refractivity contribution in [3.63, 3.8) is 0 Å². The van der Waals surface area contributed by atoms with E-state index < -0.39 is 0 Å². The fourth-order valence-corrected chi connectivity index (χ4v) is 4.47. The maximum atomic E-state index is 2.60. The summed E-state index contributed by atoms with van der Waals surface area (Å²) in [5.41, 5.74) is 4.21. The zero-order chi connectivity index (χ0) is 12.1. The summed E-state index contributed by atoms with van der Waals surface area (Å²) in [5.74, 6) is 0. The number of benzene rings is 1. The highest BCUT2D eigenvalue weighted by molar-refractivity contribution is 8.00. The highest BCUT2D eigenvalue weighted by Crippen LogP contribution is 2.45. The molecule has 3 heterocycles. The summed E-state index contributed by atoms with van der Waals surface area (Å²) in [6, 6.07) is 13.2. The van der Waals surface area contributed by atoms with Crippen LogP contribution in [0, 0.1) is 0 Å². The summed E-state index contributed by atoms with van der Waals surface area (Å²) in [7, 11) is 0. The predicted molar refractivity (Wildman–Crippen MR) is 76.0 cm³/mol. The van der Waals surface area contributed by atoms with Crippen LogP contribution in [0.3, 0.4) is 0 Å². The summed E-state index contributed by atoms with van der Waals surface area (Å²) in [6.07, 6.45) is 2.20. The molecule has 1 fully saturated rings. The highest BCUT2D eigenvalue weighted by atomic mass is 32.2. The molecule has 92 valence electrons. The third-order valence-corrected chi connectivity index (χ3v) is 5.25. The van der Waals surface area contributed by atoms with Crippen molar-refractivity contribution in [2.75, 3.05) is 6.54 Å². The molecule has 0 unspecified atom stereocenters. The van der Waals surface area contributed by atoms with E-state index >= 15 is 0 Å². The highest BCUT2D eigenvalue weighted by Gasteiger charge is 2.35. The fourth-order valence-electron chi connectivity index (χ4n) is 3.09. The van der Waals surface area contributed by atoms with Gasteiger partial charge in [-0.15, -0.1) is 11.8 Å². The van der Waals surface area contributed by atoms with Crippen molar-refractivity contribution in [1.82, 2.24) is 9.47 Å². The molecule has 0 aliphatic carbocycles. The van der Waals surface area contributed by atoms with Gasteiger partial charge in [0.25, 0.3) is 0 Å². The number of aromatic nitrogens is 1. The fraction of sp³-hybridized carbons (Fsp3) is 0.333. The van der Waals surface area contributed by atoms with Crippen molar-refractivity contribution >= 4 is 11.8 Å². The maximum Gasteiger partial charge on any atom is 0.0976 e. The molecule has 0 N–H and O–H groups in total. The monoisotopic (exact) mass is 256 g/mol. The van der Waals surface area contributed by atoms with Gasteiger partial charge in [0.15, 0.2) is 0 Å². The van der Waals surface area contributed by atoms with Crippen LogP contribution >= 0.6 is 11.8 Å². The van der Waals surface area contributed by atoms with Crippen LogP contribution < -0.4 is 0 Å². The SMILES string of the molecule is C[C@H]1CN2Cc3ccccc3-n3cccc3[C@H]2S1. The molecule has 2 atom stereocenters. The Morgan fingerprint density at radius 1 is 1.17 bits per heavy atom. The van der Waals surface area contributed by atoms with Crippen LogP contribution in [0.25, 0.3) is 5.69 Å². The summed E-state index contributed by atoms with van der Waals surface area (Å²) in [6.45, 7) is 4.59. The van der Waals surface area contributed by atoms with Crippen molar-refractivity contribution in [3.05, 3.63) is 53.9 Å². The van der Waals surface area contributed by atoms with Crippen molar-refractivity contribution in [1.29, 1.82) is 0 Å². The topological polar surface area (TPSA) is 8.17 Å². The molecule has 0 bridgehead atoms. The summed E-state index contributed by atoms with van der Waals surface area (Å²) < 4.78 is 2.37. The molecule has 1 aromatic carbocycles. The number of para-hydroxylation sites is 1. The van der Waals surface area contributed by atoms with Gasteiger partial charge >= 0.3 is 0 Å². The van der Waals surface area contributed by atoms with E-state index in [1.165, 1.54) is 23.5 Å². The van der Waals surface area contributed by atoms with Crippen LogP contribution in [0.15, 0.2) is 42.6 Å². The molecule has 4 rings (SSSR count). The van der Waals surface area contributed by atoms with Crippen LogP contribution in [0.5, 0.6) is 0 Å². The van der Waals surface area contributed by atoms with Gasteiger partial charge in [0.2, 0.25) is 0 Å². The Hall–Kier alpha value is -1.19. The maximum absolute atomic E-state index is 2.60. The van der Waals surface area contributed by atoms with Crippen molar-refractivity contribution in [3.8, 4) is 5.69 Å². The van der Waals surface area contributed by atoms with E-state index in [1.54, 1.807) is 0 Å². The van der Waals surface area contributed by atoms with Crippen molar-refractivity contribution < 1.29 is 0 Å². The number of hydrogen-bond acceptors (Lipinski definition) is 2.